The van der Waals surface area contributed by atoms with Crippen molar-refractivity contribution in [3.05, 3.63) is 179 Å². The van der Waals surface area contributed by atoms with Crippen LogP contribution in [-0.2, 0) is 99.5 Å². The van der Waals surface area contributed by atoms with Gasteiger partial charge in [-0.25, -0.2) is 0 Å². The summed E-state index contributed by atoms with van der Waals surface area (Å²) in [7, 11) is 0. The highest BCUT2D eigenvalue weighted by atomic mass is 16.8. The fourth-order valence-electron chi connectivity index (χ4n) is 8.92. The largest absolute Gasteiger partial charge is 0.463 e. The third-order valence-electron chi connectivity index (χ3n) is 12.7. The van der Waals surface area contributed by atoms with Gasteiger partial charge in [-0.2, -0.15) is 0 Å². The summed E-state index contributed by atoms with van der Waals surface area (Å²) in [6, 6.07) is 48.4. The van der Waals surface area contributed by atoms with Gasteiger partial charge >= 0.3 is 11.9 Å². The zero-order chi connectivity index (χ0) is 50.6. The number of hydrogen-bond donors (Lipinski definition) is 1. The summed E-state index contributed by atoms with van der Waals surface area (Å²) in [5.41, 5.74) is 4.53. The molecule has 0 aromatic heterocycles. The van der Waals surface area contributed by atoms with Crippen molar-refractivity contribution in [1.82, 2.24) is 0 Å². The molecule has 3 heterocycles. The van der Waals surface area contributed by atoms with Crippen LogP contribution in [-0.4, -0.2) is 111 Å². The molecule has 0 bridgehead atoms. The molecule has 8 rings (SSSR count). The lowest BCUT2D eigenvalue weighted by atomic mass is 10.1. The fraction of sp³-hybridized carbons (Fsp3) is 0.448. The van der Waals surface area contributed by atoms with Crippen molar-refractivity contribution < 1.29 is 71.5 Å². The molecule has 3 fully saturated rings. The van der Waals surface area contributed by atoms with Crippen molar-refractivity contribution in [1.29, 1.82) is 0 Å². The molecule has 73 heavy (non-hydrogen) atoms. The molecule has 3 aliphatic heterocycles. The minimum atomic E-state index is -1.47. The molecule has 1 N–H and O–H groups in total. The monoisotopic (exact) mass is 1000 g/mol. The van der Waals surface area contributed by atoms with E-state index in [1.165, 1.54) is 0 Å². The van der Waals surface area contributed by atoms with Gasteiger partial charge in [0.05, 0.1) is 39.6 Å². The first-order chi connectivity index (χ1) is 35.8. The quantitative estimate of drug-likeness (QED) is 0.0477. The summed E-state index contributed by atoms with van der Waals surface area (Å²) >= 11 is 0. The van der Waals surface area contributed by atoms with Gasteiger partial charge in [0.1, 0.15) is 68.1 Å². The molecule has 3 saturated heterocycles. The first kappa shape index (κ1) is 53.9. The number of carbonyl (C=O) groups is 2. The number of carbonyl (C=O) groups excluding carboxylic acids is 2. The molecular weight excluding hydrogens is 937 g/mol. The number of hydrogen-bond acceptors (Lipinski definition) is 15. The minimum Gasteiger partial charge on any atom is -0.463 e. The van der Waals surface area contributed by atoms with Crippen LogP contribution in [0.3, 0.4) is 0 Å². The van der Waals surface area contributed by atoms with Crippen LogP contribution < -0.4 is 0 Å². The zero-order valence-corrected chi connectivity index (χ0v) is 41.5. The molecule has 15 nitrogen and oxygen atoms in total. The van der Waals surface area contributed by atoms with Crippen LogP contribution in [0.15, 0.2) is 152 Å². The molecule has 0 unspecified atom stereocenters. The van der Waals surface area contributed by atoms with Gasteiger partial charge in [0.25, 0.3) is 0 Å². The summed E-state index contributed by atoms with van der Waals surface area (Å²) in [4.78, 5) is 25.5. The normalized spacial score (nSPS) is 26.7. The van der Waals surface area contributed by atoms with Gasteiger partial charge in [-0.1, -0.05) is 166 Å². The van der Waals surface area contributed by atoms with Crippen molar-refractivity contribution in [2.45, 2.75) is 146 Å². The van der Waals surface area contributed by atoms with E-state index in [-0.39, 0.29) is 77.6 Å². The molecular formula is C58H68O15. The van der Waals surface area contributed by atoms with Gasteiger partial charge in [0.15, 0.2) is 18.9 Å². The Hall–Kier alpha value is -5.40. The van der Waals surface area contributed by atoms with E-state index in [9.17, 15) is 14.7 Å². The first-order valence-corrected chi connectivity index (χ1v) is 25.4. The molecule has 12 atom stereocenters. The molecule has 0 spiro atoms. The minimum absolute atomic E-state index is 0.102. The average molecular weight is 1010 g/mol. The van der Waals surface area contributed by atoms with Crippen LogP contribution in [0.2, 0.25) is 0 Å². The van der Waals surface area contributed by atoms with Crippen LogP contribution in [0, 0.1) is 0 Å². The molecule has 0 radical (unpaired) electrons. The van der Waals surface area contributed by atoms with E-state index in [4.69, 9.17) is 56.8 Å². The van der Waals surface area contributed by atoms with Crippen molar-refractivity contribution in [3.8, 4) is 0 Å². The number of ether oxygens (including phenoxy) is 12. The Bertz CT molecular complexity index is 2350. The van der Waals surface area contributed by atoms with E-state index < -0.39 is 73.8 Å². The van der Waals surface area contributed by atoms with Gasteiger partial charge < -0.3 is 61.9 Å². The second-order valence-electron chi connectivity index (χ2n) is 18.3. The Morgan fingerprint density at radius 2 is 0.726 bits per heavy atom. The Labute approximate surface area is 427 Å². The summed E-state index contributed by atoms with van der Waals surface area (Å²) in [5, 5.41) is 11.7. The summed E-state index contributed by atoms with van der Waals surface area (Å²) in [6.45, 7) is 4.34. The van der Waals surface area contributed by atoms with Crippen LogP contribution in [0.1, 0.15) is 67.3 Å². The predicted octanol–water partition coefficient (Wildman–Crippen LogP) is 8.17. The van der Waals surface area contributed by atoms with Crippen LogP contribution >= 0.6 is 0 Å². The zero-order valence-electron chi connectivity index (χ0n) is 41.5. The molecule has 390 valence electrons. The standard InChI is InChI=1S/C58H68O15/c1-3-20-48(59)62-37-45-50(64-32-40-22-10-5-11-23-40)54(67-35-43-28-16-8-17-29-43)57(71-45)69-39-47-52(53(56(61)70-47)66-34-42-26-14-7-15-27-42)73-58-55(68-36-44-30-18-9-19-31-44)51(65-33-41-24-12-6-13-25-41)46(72-58)38-63-49(60)21-4-2/h5-19,22-31,45-47,50-58,61H,3-4,20-21,32-39H2,1-2H3/t45-,46-,47-,50-,51-,52-,53+,54+,55+,56+,57+,58-/m1/s1. The van der Waals surface area contributed by atoms with Crippen LogP contribution in [0.5, 0.6) is 0 Å². The van der Waals surface area contributed by atoms with Gasteiger partial charge in [-0.05, 0) is 40.7 Å². The van der Waals surface area contributed by atoms with E-state index in [0.29, 0.717) is 12.8 Å². The number of esters is 2. The van der Waals surface area contributed by atoms with Crippen LogP contribution in [0.4, 0.5) is 0 Å². The Balaban J connectivity index is 1.07. The SMILES string of the molecule is CCCC(=O)OC[C@H]1O[C@H](OC[C@H]2O[C@H](O)[C@@H](OCc3ccccc3)[C@@H]2O[C@H]2O[C@H](COC(=O)CCC)[C@@H](OCc3ccccc3)[C@@H]2OCc2ccccc2)[C@@H](OCc2ccccc2)[C@@H]1OCc1ccccc1. The lowest BCUT2D eigenvalue weighted by molar-refractivity contribution is -0.239. The average Bonchev–Trinajstić information content (AvgIpc) is 4.05. The smallest absolute Gasteiger partial charge is 0.305 e. The molecule has 15 heteroatoms. The van der Waals surface area contributed by atoms with E-state index >= 15 is 0 Å². The first-order valence-electron chi connectivity index (χ1n) is 25.4. The highest BCUT2D eigenvalue weighted by Crippen LogP contribution is 2.37. The van der Waals surface area contributed by atoms with Crippen molar-refractivity contribution in [2.75, 3.05) is 19.8 Å². The van der Waals surface area contributed by atoms with Gasteiger partial charge in [0, 0.05) is 12.8 Å². The van der Waals surface area contributed by atoms with E-state index in [2.05, 4.69) is 0 Å². The van der Waals surface area contributed by atoms with Gasteiger partial charge in [-0.3, -0.25) is 9.59 Å². The fourth-order valence-corrected chi connectivity index (χ4v) is 8.92. The Kier molecular flexibility index (Phi) is 20.9. The molecule has 3 aliphatic rings. The molecule has 0 amide bonds. The van der Waals surface area contributed by atoms with E-state index in [1.807, 2.05) is 166 Å². The second kappa shape index (κ2) is 28.3. The maximum atomic E-state index is 12.8. The van der Waals surface area contributed by atoms with Crippen LogP contribution in [0.25, 0.3) is 0 Å². The van der Waals surface area contributed by atoms with E-state index in [0.717, 1.165) is 27.8 Å². The van der Waals surface area contributed by atoms with Crippen molar-refractivity contribution in [3.63, 3.8) is 0 Å². The predicted molar refractivity (Wildman–Crippen MR) is 266 cm³/mol. The van der Waals surface area contributed by atoms with Crippen molar-refractivity contribution in [2.24, 2.45) is 0 Å². The third-order valence-corrected chi connectivity index (χ3v) is 12.7. The number of rotatable bonds is 28. The van der Waals surface area contributed by atoms with E-state index in [1.54, 1.807) is 0 Å². The Morgan fingerprint density at radius 3 is 1.11 bits per heavy atom. The lowest BCUT2D eigenvalue weighted by Gasteiger charge is -2.30. The van der Waals surface area contributed by atoms with Gasteiger partial charge in [0.2, 0.25) is 0 Å². The summed E-state index contributed by atoms with van der Waals surface area (Å²) in [6.07, 6.45) is -9.82. The molecule has 5 aromatic carbocycles. The molecule has 0 aliphatic carbocycles. The molecule has 5 aromatic rings. The number of aliphatic hydroxyl groups excluding tert-OH is 1. The Morgan fingerprint density at radius 1 is 0.397 bits per heavy atom. The van der Waals surface area contributed by atoms with Gasteiger partial charge in [-0.15, -0.1) is 0 Å². The highest BCUT2D eigenvalue weighted by molar-refractivity contribution is 5.69. The molecule has 0 saturated carbocycles. The summed E-state index contributed by atoms with van der Waals surface area (Å²) in [5.74, 6) is -0.727. The highest BCUT2D eigenvalue weighted by Gasteiger charge is 2.54. The third kappa shape index (κ3) is 15.8. The second-order valence-corrected chi connectivity index (χ2v) is 18.3. The maximum Gasteiger partial charge on any atom is 0.305 e. The lowest BCUT2D eigenvalue weighted by Crippen LogP contribution is -2.46. The number of aliphatic hydroxyl groups is 1. The maximum absolute atomic E-state index is 12.8. The number of benzene rings is 5. The summed E-state index contributed by atoms with van der Waals surface area (Å²) < 4.78 is 77.7. The van der Waals surface area contributed by atoms with Crippen molar-refractivity contribution >= 4 is 11.9 Å². The topological polar surface area (TPSA) is 165 Å².